The summed E-state index contributed by atoms with van der Waals surface area (Å²) in [5.74, 6) is 0.681. The molecule has 19 heavy (non-hydrogen) atoms. The second kappa shape index (κ2) is 5.51. The Morgan fingerprint density at radius 2 is 1.42 bits per heavy atom. The van der Waals surface area contributed by atoms with Gasteiger partial charge >= 0.3 is 18.0 Å². The monoisotopic (exact) mass is 261 g/mol. The zero-order valence-corrected chi connectivity index (χ0v) is 11.3. The van der Waals surface area contributed by atoms with Gasteiger partial charge < -0.3 is 14.2 Å². The van der Waals surface area contributed by atoms with Crippen molar-refractivity contribution < 1.29 is 14.2 Å². The average Bonchev–Trinajstić information content (AvgIpc) is 2.41. The molecule has 0 bridgehead atoms. The van der Waals surface area contributed by atoms with E-state index in [2.05, 4.69) is 15.0 Å². The van der Waals surface area contributed by atoms with Crippen LogP contribution >= 0.6 is 0 Å². The summed E-state index contributed by atoms with van der Waals surface area (Å²) in [4.78, 5) is 11.9. The summed E-state index contributed by atoms with van der Waals surface area (Å²) in [6, 6.07) is 6.27. The zero-order chi connectivity index (χ0) is 13.8. The maximum absolute atomic E-state index is 5.63. The van der Waals surface area contributed by atoms with Crippen LogP contribution in [-0.4, -0.2) is 29.2 Å². The molecule has 100 valence electrons. The molecule has 0 aliphatic rings. The Kier molecular flexibility index (Phi) is 3.79. The molecule has 0 N–H and O–H groups in total. The van der Waals surface area contributed by atoms with Crippen LogP contribution in [-0.2, 0) is 0 Å². The van der Waals surface area contributed by atoms with E-state index in [1.165, 1.54) is 14.2 Å². The summed E-state index contributed by atoms with van der Waals surface area (Å²) >= 11 is 0. The molecule has 1 aromatic heterocycles. The van der Waals surface area contributed by atoms with Crippen molar-refractivity contribution >= 4 is 0 Å². The first-order valence-corrected chi connectivity index (χ1v) is 5.71. The molecule has 0 radical (unpaired) electrons. The zero-order valence-electron chi connectivity index (χ0n) is 11.3. The van der Waals surface area contributed by atoms with Crippen LogP contribution in [0.4, 0.5) is 0 Å². The molecule has 2 rings (SSSR count). The lowest BCUT2D eigenvalue weighted by molar-refractivity contribution is 0.320. The smallest absolute Gasteiger partial charge is 0.331 e. The van der Waals surface area contributed by atoms with Crippen molar-refractivity contribution in [2.45, 2.75) is 13.8 Å². The van der Waals surface area contributed by atoms with Crippen LogP contribution in [0.15, 0.2) is 18.2 Å². The van der Waals surface area contributed by atoms with Gasteiger partial charge in [0.2, 0.25) is 0 Å². The van der Waals surface area contributed by atoms with Gasteiger partial charge in [0, 0.05) is 0 Å². The molecular formula is C13H15N3O3. The number of aryl methyl sites for hydroxylation is 2. The minimum Gasteiger partial charge on any atom is -0.467 e. The topological polar surface area (TPSA) is 66.4 Å². The van der Waals surface area contributed by atoms with Crippen LogP contribution in [0.2, 0.25) is 0 Å². The van der Waals surface area contributed by atoms with Gasteiger partial charge in [-0.3, -0.25) is 0 Å². The van der Waals surface area contributed by atoms with Crippen molar-refractivity contribution in [2.24, 2.45) is 0 Å². The quantitative estimate of drug-likeness (QED) is 0.841. The Hall–Kier alpha value is -2.37. The standard InChI is InChI=1S/C13H15N3O3/c1-8-5-6-10(9(2)7-8)19-13-15-11(17-3)14-12(16-13)18-4/h5-7H,1-4H3. The average molecular weight is 261 g/mol. The second-order valence-electron chi connectivity index (χ2n) is 3.96. The maximum Gasteiger partial charge on any atom is 0.331 e. The van der Waals surface area contributed by atoms with Crippen molar-refractivity contribution in [1.29, 1.82) is 0 Å². The van der Waals surface area contributed by atoms with E-state index >= 15 is 0 Å². The fraction of sp³-hybridized carbons (Fsp3) is 0.308. The minimum atomic E-state index is 0.135. The second-order valence-corrected chi connectivity index (χ2v) is 3.96. The molecule has 0 fully saturated rings. The Labute approximate surface area is 111 Å². The van der Waals surface area contributed by atoms with Gasteiger partial charge in [0.25, 0.3) is 0 Å². The van der Waals surface area contributed by atoms with E-state index in [4.69, 9.17) is 14.2 Å². The summed E-state index contributed by atoms with van der Waals surface area (Å²) in [5.41, 5.74) is 2.16. The van der Waals surface area contributed by atoms with Gasteiger partial charge in [-0.25, -0.2) is 0 Å². The molecule has 0 atom stereocenters. The van der Waals surface area contributed by atoms with E-state index in [-0.39, 0.29) is 18.0 Å². The number of nitrogens with zero attached hydrogens (tertiary/aromatic N) is 3. The van der Waals surface area contributed by atoms with Crippen LogP contribution in [0, 0.1) is 13.8 Å². The molecule has 6 nitrogen and oxygen atoms in total. The summed E-state index contributed by atoms with van der Waals surface area (Å²) in [7, 11) is 2.94. The highest BCUT2D eigenvalue weighted by molar-refractivity contribution is 5.37. The largest absolute Gasteiger partial charge is 0.467 e. The lowest BCUT2D eigenvalue weighted by Gasteiger charge is -2.09. The van der Waals surface area contributed by atoms with Crippen LogP contribution < -0.4 is 14.2 Å². The van der Waals surface area contributed by atoms with Crippen molar-refractivity contribution in [3.05, 3.63) is 29.3 Å². The Bertz CT molecular complexity index is 565. The molecule has 0 unspecified atom stereocenters. The molecule has 0 amide bonds. The van der Waals surface area contributed by atoms with Gasteiger partial charge in [0.05, 0.1) is 14.2 Å². The molecule has 0 saturated carbocycles. The number of aromatic nitrogens is 3. The van der Waals surface area contributed by atoms with Gasteiger partial charge in [0.1, 0.15) is 5.75 Å². The number of rotatable bonds is 4. The van der Waals surface area contributed by atoms with Crippen LogP contribution in [0.3, 0.4) is 0 Å². The van der Waals surface area contributed by atoms with Crippen LogP contribution in [0.25, 0.3) is 0 Å². The van der Waals surface area contributed by atoms with E-state index in [9.17, 15) is 0 Å². The van der Waals surface area contributed by atoms with E-state index in [1.54, 1.807) is 0 Å². The molecule has 0 saturated heterocycles. The summed E-state index contributed by atoms with van der Waals surface area (Å²) in [5, 5.41) is 0. The van der Waals surface area contributed by atoms with Gasteiger partial charge in [-0.2, -0.15) is 0 Å². The Morgan fingerprint density at radius 3 is 1.95 bits per heavy atom. The van der Waals surface area contributed by atoms with Crippen molar-refractivity contribution in [3.63, 3.8) is 0 Å². The lowest BCUT2D eigenvalue weighted by Crippen LogP contribution is -2.01. The first kappa shape index (κ1) is 13.1. The minimum absolute atomic E-state index is 0.135. The Morgan fingerprint density at radius 1 is 0.842 bits per heavy atom. The SMILES string of the molecule is COc1nc(OC)nc(Oc2ccc(C)cc2C)n1. The fourth-order valence-corrected chi connectivity index (χ4v) is 1.56. The highest BCUT2D eigenvalue weighted by Crippen LogP contribution is 2.25. The first-order chi connectivity index (χ1) is 9.12. The summed E-state index contributed by atoms with van der Waals surface area (Å²) < 4.78 is 15.6. The third kappa shape index (κ3) is 3.09. The molecule has 1 heterocycles. The molecule has 2 aromatic rings. The van der Waals surface area contributed by atoms with Gasteiger partial charge in [-0.05, 0) is 25.5 Å². The van der Waals surface area contributed by atoms with Gasteiger partial charge in [-0.15, -0.1) is 15.0 Å². The number of hydrogen-bond donors (Lipinski definition) is 0. The third-order valence-corrected chi connectivity index (χ3v) is 2.47. The van der Waals surface area contributed by atoms with Crippen LogP contribution in [0.5, 0.6) is 23.8 Å². The number of methoxy groups -OCH3 is 2. The van der Waals surface area contributed by atoms with E-state index in [0.29, 0.717) is 5.75 Å². The molecule has 0 aliphatic carbocycles. The predicted molar refractivity (Wildman–Crippen MR) is 68.9 cm³/mol. The normalized spacial score (nSPS) is 10.1. The molecule has 6 heteroatoms. The third-order valence-electron chi connectivity index (χ3n) is 2.47. The van der Waals surface area contributed by atoms with Crippen molar-refractivity contribution in [2.75, 3.05) is 14.2 Å². The van der Waals surface area contributed by atoms with Crippen LogP contribution in [0.1, 0.15) is 11.1 Å². The number of benzene rings is 1. The molecule has 0 aliphatic heterocycles. The Balaban J connectivity index is 2.31. The highest BCUT2D eigenvalue weighted by Gasteiger charge is 2.10. The van der Waals surface area contributed by atoms with E-state index in [0.717, 1.165) is 11.1 Å². The van der Waals surface area contributed by atoms with E-state index < -0.39 is 0 Å². The number of ether oxygens (including phenoxy) is 3. The molecule has 0 spiro atoms. The van der Waals surface area contributed by atoms with Gasteiger partial charge in [-0.1, -0.05) is 17.7 Å². The highest BCUT2D eigenvalue weighted by atomic mass is 16.5. The van der Waals surface area contributed by atoms with Crippen molar-refractivity contribution in [1.82, 2.24) is 15.0 Å². The number of hydrogen-bond acceptors (Lipinski definition) is 6. The van der Waals surface area contributed by atoms with Crippen molar-refractivity contribution in [3.8, 4) is 23.8 Å². The summed E-state index contributed by atoms with van der Waals surface area (Å²) in [6.07, 6.45) is 0. The predicted octanol–water partition coefficient (Wildman–Crippen LogP) is 2.30. The molecular weight excluding hydrogens is 246 g/mol. The fourth-order valence-electron chi connectivity index (χ4n) is 1.56. The molecule has 1 aromatic carbocycles. The van der Waals surface area contributed by atoms with Gasteiger partial charge in [0.15, 0.2) is 0 Å². The first-order valence-electron chi connectivity index (χ1n) is 5.71. The van der Waals surface area contributed by atoms with E-state index in [1.807, 2.05) is 32.0 Å². The maximum atomic E-state index is 5.63. The lowest BCUT2D eigenvalue weighted by atomic mass is 10.1. The summed E-state index contributed by atoms with van der Waals surface area (Å²) in [6.45, 7) is 3.98.